The molecule has 3 aromatic rings. The molecule has 23 heavy (non-hydrogen) atoms. The number of thiophene rings is 1. The number of benzene rings is 1. The molecule has 0 bridgehead atoms. The van der Waals surface area contributed by atoms with Crippen molar-refractivity contribution in [1.29, 1.82) is 0 Å². The number of phenols is 1. The smallest absolute Gasteiger partial charge is 0.307 e. The van der Waals surface area contributed by atoms with Gasteiger partial charge in [-0.1, -0.05) is 0 Å². The van der Waals surface area contributed by atoms with E-state index in [1.165, 1.54) is 22.0 Å². The molecular weight excluding hydrogens is 321 g/mol. The van der Waals surface area contributed by atoms with Crippen molar-refractivity contribution in [3.63, 3.8) is 0 Å². The van der Waals surface area contributed by atoms with Gasteiger partial charge in [0, 0.05) is 16.5 Å². The van der Waals surface area contributed by atoms with Crippen LogP contribution in [0.3, 0.4) is 0 Å². The minimum atomic E-state index is -1.14. The maximum absolute atomic E-state index is 14.3. The van der Waals surface area contributed by atoms with E-state index in [0.717, 1.165) is 6.07 Å². The van der Waals surface area contributed by atoms with Gasteiger partial charge >= 0.3 is 5.97 Å². The average molecular weight is 333 g/mol. The number of aromatic hydroxyl groups is 1. The summed E-state index contributed by atoms with van der Waals surface area (Å²) in [4.78, 5) is 23.8. The van der Waals surface area contributed by atoms with E-state index in [4.69, 9.17) is 5.11 Å². The summed E-state index contributed by atoms with van der Waals surface area (Å²) in [5.41, 5.74) is 1.21. The van der Waals surface area contributed by atoms with Crippen molar-refractivity contribution in [2.75, 3.05) is 0 Å². The Morgan fingerprint density at radius 3 is 2.65 bits per heavy atom. The number of carbonyl (C=O) groups excluding carboxylic acids is 1. The predicted molar refractivity (Wildman–Crippen MR) is 83.7 cm³/mol. The molecule has 7 heteroatoms. The molecule has 0 aliphatic rings. The van der Waals surface area contributed by atoms with Crippen molar-refractivity contribution in [3.8, 4) is 5.75 Å². The van der Waals surface area contributed by atoms with Gasteiger partial charge in [-0.05, 0) is 36.1 Å². The molecule has 0 unspecified atom stereocenters. The lowest BCUT2D eigenvalue weighted by atomic mass is 10.1. The molecule has 0 amide bonds. The lowest BCUT2D eigenvalue weighted by Gasteiger charge is -2.06. The largest absolute Gasteiger partial charge is 0.505 e. The van der Waals surface area contributed by atoms with Crippen molar-refractivity contribution >= 4 is 34.1 Å². The van der Waals surface area contributed by atoms with E-state index in [0.29, 0.717) is 11.3 Å². The predicted octanol–water partition coefficient (Wildman–Crippen LogP) is 3.17. The van der Waals surface area contributed by atoms with Gasteiger partial charge in [-0.25, -0.2) is 4.39 Å². The molecule has 2 heterocycles. The Morgan fingerprint density at radius 1 is 1.30 bits per heavy atom. The van der Waals surface area contributed by atoms with Gasteiger partial charge in [-0.15, -0.1) is 0 Å². The van der Waals surface area contributed by atoms with Gasteiger partial charge in [-0.2, -0.15) is 11.3 Å². The molecule has 0 saturated heterocycles. The summed E-state index contributed by atoms with van der Waals surface area (Å²) in [6.07, 6.45) is -0.438. The number of carboxylic acid groups (broad SMARTS) is 1. The van der Waals surface area contributed by atoms with Crippen LogP contribution in [0, 0.1) is 12.7 Å². The van der Waals surface area contributed by atoms with E-state index in [9.17, 15) is 19.1 Å². The molecular formula is C16H12FNO4S. The van der Waals surface area contributed by atoms with Crippen LogP contribution >= 0.6 is 11.3 Å². The monoisotopic (exact) mass is 333 g/mol. The third-order valence-electron chi connectivity index (χ3n) is 3.71. The fourth-order valence-electron chi connectivity index (χ4n) is 2.67. The lowest BCUT2D eigenvalue weighted by Crippen LogP contribution is -2.13. The molecule has 2 aromatic heterocycles. The van der Waals surface area contributed by atoms with Crippen molar-refractivity contribution in [1.82, 2.24) is 4.57 Å². The summed E-state index contributed by atoms with van der Waals surface area (Å²) in [6, 6.07) is 4.21. The second kappa shape index (κ2) is 5.51. The number of halogens is 1. The highest BCUT2D eigenvalue weighted by atomic mass is 32.1. The molecule has 0 aliphatic carbocycles. The molecule has 0 atom stereocenters. The Kier molecular flexibility index (Phi) is 3.65. The topological polar surface area (TPSA) is 79.5 Å². The number of fused-ring (bicyclic) bond motifs is 1. The number of aromatic nitrogens is 1. The van der Waals surface area contributed by atoms with Crippen LogP contribution in [0.15, 0.2) is 29.0 Å². The van der Waals surface area contributed by atoms with Crippen LogP contribution in [0.1, 0.15) is 21.6 Å². The first-order valence-corrected chi connectivity index (χ1v) is 7.66. The van der Waals surface area contributed by atoms with Crippen LogP contribution in [-0.2, 0) is 11.2 Å². The fraction of sp³-hybridized carbons (Fsp3) is 0.125. The number of carbonyl (C=O) groups is 2. The van der Waals surface area contributed by atoms with Crippen LogP contribution in [0.5, 0.6) is 5.75 Å². The van der Waals surface area contributed by atoms with E-state index in [-0.39, 0.29) is 22.4 Å². The molecule has 0 aliphatic heterocycles. The van der Waals surface area contributed by atoms with Crippen LogP contribution in [-0.4, -0.2) is 26.7 Å². The van der Waals surface area contributed by atoms with E-state index in [1.54, 1.807) is 23.8 Å². The Hall–Kier alpha value is -2.67. The normalized spacial score (nSPS) is 11.0. The molecule has 0 saturated carbocycles. The third-order valence-corrected chi connectivity index (χ3v) is 4.40. The lowest BCUT2D eigenvalue weighted by molar-refractivity contribution is -0.136. The van der Waals surface area contributed by atoms with Gasteiger partial charge < -0.3 is 10.2 Å². The van der Waals surface area contributed by atoms with Crippen LogP contribution in [0.25, 0.3) is 10.9 Å². The standard InChI is InChI=1S/C16H12FNO4S/c1-8-10(6-13(20)21)14-11(2-3-12(19)15(14)17)18(8)16(22)9-4-5-23-7-9/h2-5,7,19H,6H2,1H3,(H,20,21). The number of aliphatic carboxylic acids is 1. The number of rotatable bonds is 3. The number of phenolic OH excluding ortho intramolecular Hbond substituents is 1. The molecule has 0 spiro atoms. The maximum atomic E-state index is 14.3. The zero-order chi connectivity index (χ0) is 16.7. The van der Waals surface area contributed by atoms with Gasteiger partial charge in [-0.3, -0.25) is 14.2 Å². The zero-order valence-corrected chi connectivity index (χ0v) is 12.9. The van der Waals surface area contributed by atoms with E-state index in [2.05, 4.69) is 0 Å². The minimum Gasteiger partial charge on any atom is -0.505 e. The van der Waals surface area contributed by atoms with Gasteiger partial charge in [0.1, 0.15) is 0 Å². The van der Waals surface area contributed by atoms with Gasteiger partial charge in [0.05, 0.1) is 17.5 Å². The molecule has 5 nitrogen and oxygen atoms in total. The highest BCUT2D eigenvalue weighted by Crippen LogP contribution is 2.33. The van der Waals surface area contributed by atoms with Crippen LogP contribution < -0.4 is 0 Å². The van der Waals surface area contributed by atoms with Crippen molar-refractivity contribution < 1.29 is 24.2 Å². The molecule has 2 N–H and O–H groups in total. The first-order chi connectivity index (χ1) is 10.9. The average Bonchev–Trinajstić information content (AvgIpc) is 3.10. The second-order valence-corrected chi connectivity index (χ2v) is 5.86. The van der Waals surface area contributed by atoms with Crippen LogP contribution in [0.2, 0.25) is 0 Å². The number of nitrogens with zero attached hydrogens (tertiary/aromatic N) is 1. The summed E-state index contributed by atoms with van der Waals surface area (Å²) >= 11 is 1.35. The summed E-state index contributed by atoms with van der Waals surface area (Å²) in [5, 5.41) is 22.0. The van der Waals surface area contributed by atoms with Gasteiger partial charge in [0.15, 0.2) is 11.6 Å². The number of carboxylic acids is 1. The Bertz CT molecular complexity index is 928. The molecule has 0 radical (unpaired) electrons. The van der Waals surface area contributed by atoms with E-state index < -0.39 is 24.0 Å². The minimum absolute atomic E-state index is 0.0338. The highest BCUT2D eigenvalue weighted by Gasteiger charge is 2.24. The summed E-state index contributed by atoms with van der Waals surface area (Å²) in [5.74, 6) is -3.00. The maximum Gasteiger partial charge on any atom is 0.307 e. The van der Waals surface area contributed by atoms with Gasteiger partial charge in [0.25, 0.3) is 5.91 Å². The second-order valence-electron chi connectivity index (χ2n) is 5.08. The first kappa shape index (κ1) is 15.2. The third kappa shape index (κ3) is 2.39. The van der Waals surface area contributed by atoms with Gasteiger partial charge in [0.2, 0.25) is 0 Å². The van der Waals surface area contributed by atoms with Crippen LogP contribution in [0.4, 0.5) is 4.39 Å². The number of hydrogen-bond donors (Lipinski definition) is 2. The van der Waals surface area contributed by atoms with Crippen molar-refractivity contribution in [3.05, 3.63) is 51.6 Å². The van der Waals surface area contributed by atoms with E-state index >= 15 is 0 Å². The number of hydrogen-bond acceptors (Lipinski definition) is 4. The Morgan fingerprint density at radius 2 is 2.04 bits per heavy atom. The zero-order valence-electron chi connectivity index (χ0n) is 12.0. The summed E-state index contributed by atoms with van der Waals surface area (Å²) < 4.78 is 15.6. The summed E-state index contributed by atoms with van der Waals surface area (Å²) in [7, 11) is 0. The summed E-state index contributed by atoms with van der Waals surface area (Å²) in [6.45, 7) is 1.57. The SMILES string of the molecule is Cc1c(CC(=O)O)c2c(F)c(O)ccc2n1C(=O)c1ccsc1. The molecule has 118 valence electrons. The Balaban J connectivity index is 2.35. The fourth-order valence-corrected chi connectivity index (χ4v) is 3.30. The first-order valence-electron chi connectivity index (χ1n) is 6.72. The highest BCUT2D eigenvalue weighted by molar-refractivity contribution is 7.08. The quantitative estimate of drug-likeness (QED) is 0.771. The molecule has 3 rings (SSSR count). The Labute approximate surface area is 134 Å². The van der Waals surface area contributed by atoms with E-state index in [1.807, 2.05) is 0 Å². The molecule has 1 aromatic carbocycles. The molecule has 0 fully saturated rings. The van der Waals surface area contributed by atoms with Crippen molar-refractivity contribution in [2.24, 2.45) is 0 Å². The van der Waals surface area contributed by atoms with Crippen molar-refractivity contribution in [2.45, 2.75) is 13.3 Å².